The minimum atomic E-state index is -0.138. The summed E-state index contributed by atoms with van der Waals surface area (Å²) in [6.45, 7) is 7.37. The smallest absolute Gasteiger partial charge is 0.221 e. The molecule has 1 aliphatic heterocycles. The van der Waals surface area contributed by atoms with Crippen LogP contribution in [0.15, 0.2) is 0 Å². The predicted octanol–water partition coefficient (Wildman–Crippen LogP) is 0.450. The maximum atomic E-state index is 10.8. The molecule has 0 aromatic heterocycles. The number of nitrogens with two attached hydrogens (primary N) is 1. The van der Waals surface area contributed by atoms with Crippen LogP contribution in [0, 0.1) is 11.8 Å². The summed E-state index contributed by atoms with van der Waals surface area (Å²) in [6.07, 6.45) is 0.946. The molecule has 0 aromatic carbocycles. The van der Waals surface area contributed by atoms with Crippen molar-refractivity contribution in [1.29, 1.82) is 0 Å². The zero-order valence-corrected chi connectivity index (χ0v) is 7.92. The molecule has 1 aliphatic rings. The van der Waals surface area contributed by atoms with Crippen LogP contribution in [0.2, 0.25) is 0 Å². The second-order valence-electron chi connectivity index (χ2n) is 4.04. The van der Waals surface area contributed by atoms with Crippen LogP contribution in [0.4, 0.5) is 0 Å². The van der Waals surface area contributed by atoms with Crippen LogP contribution in [0.5, 0.6) is 0 Å². The van der Waals surface area contributed by atoms with E-state index in [1.54, 1.807) is 0 Å². The van der Waals surface area contributed by atoms with E-state index in [0.29, 0.717) is 5.92 Å². The van der Waals surface area contributed by atoms with Crippen LogP contribution < -0.4 is 5.73 Å². The summed E-state index contributed by atoms with van der Waals surface area (Å²) in [5.74, 6) is 0.640. The zero-order valence-electron chi connectivity index (χ0n) is 7.92. The minimum absolute atomic E-state index is 0.101. The summed E-state index contributed by atoms with van der Waals surface area (Å²) in [7, 11) is 0. The highest BCUT2D eigenvalue weighted by atomic mass is 16.1. The first-order chi connectivity index (χ1) is 5.59. The molecule has 70 valence electrons. The minimum Gasteiger partial charge on any atom is -0.369 e. The van der Waals surface area contributed by atoms with E-state index in [1.165, 1.54) is 0 Å². The lowest BCUT2D eigenvalue weighted by atomic mass is 10.1. The molecule has 0 bridgehead atoms. The van der Waals surface area contributed by atoms with Crippen molar-refractivity contribution in [2.24, 2.45) is 17.6 Å². The molecule has 0 aliphatic carbocycles. The third kappa shape index (κ3) is 2.48. The van der Waals surface area contributed by atoms with Crippen molar-refractivity contribution in [3.8, 4) is 0 Å². The highest BCUT2D eigenvalue weighted by Crippen LogP contribution is 2.16. The van der Waals surface area contributed by atoms with Gasteiger partial charge in [0.2, 0.25) is 5.91 Å². The first kappa shape index (κ1) is 9.52. The van der Waals surface area contributed by atoms with Crippen molar-refractivity contribution in [3.05, 3.63) is 0 Å². The van der Waals surface area contributed by atoms with Crippen LogP contribution in [-0.2, 0) is 4.79 Å². The lowest BCUT2D eigenvalue weighted by Crippen LogP contribution is -2.29. The Morgan fingerprint density at radius 1 is 1.67 bits per heavy atom. The summed E-state index contributed by atoms with van der Waals surface area (Å²) in [5, 5.41) is 0. The summed E-state index contributed by atoms with van der Waals surface area (Å²) in [5.41, 5.74) is 5.23. The number of hydrogen-bond acceptors (Lipinski definition) is 2. The quantitative estimate of drug-likeness (QED) is 0.668. The Balaban J connectivity index is 2.30. The van der Waals surface area contributed by atoms with Gasteiger partial charge in [-0.1, -0.05) is 13.8 Å². The normalized spacial score (nSPS) is 25.1. The van der Waals surface area contributed by atoms with E-state index in [9.17, 15) is 4.79 Å². The lowest BCUT2D eigenvalue weighted by Gasteiger charge is -2.17. The fourth-order valence-corrected chi connectivity index (χ4v) is 1.75. The number of rotatable bonds is 3. The van der Waals surface area contributed by atoms with Gasteiger partial charge in [0.05, 0.1) is 5.92 Å². The van der Waals surface area contributed by atoms with Gasteiger partial charge in [0.25, 0.3) is 0 Å². The first-order valence-corrected chi connectivity index (χ1v) is 4.61. The molecule has 1 atom stereocenters. The Morgan fingerprint density at radius 3 is 2.75 bits per heavy atom. The van der Waals surface area contributed by atoms with Crippen LogP contribution in [0.25, 0.3) is 0 Å². The number of carbonyl (C=O) groups is 1. The Labute approximate surface area is 73.9 Å². The van der Waals surface area contributed by atoms with Gasteiger partial charge in [0, 0.05) is 13.1 Å². The van der Waals surface area contributed by atoms with E-state index in [0.717, 1.165) is 26.1 Å². The van der Waals surface area contributed by atoms with E-state index in [4.69, 9.17) is 5.73 Å². The fraction of sp³-hybridized carbons (Fsp3) is 0.889. The van der Waals surface area contributed by atoms with Crippen molar-refractivity contribution in [2.45, 2.75) is 20.3 Å². The van der Waals surface area contributed by atoms with Crippen molar-refractivity contribution >= 4 is 5.91 Å². The molecule has 0 radical (unpaired) electrons. The molecule has 12 heavy (non-hydrogen) atoms. The Hall–Kier alpha value is -0.570. The van der Waals surface area contributed by atoms with Gasteiger partial charge in [0.1, 0.15) is 0 Å². The molecule has 3 nitrogen and oxygen atoms in total. The second-order valence-corrected chi connectivity index (χ2v) is 4.04. The molecule has 1 saturated heterocycles. The van der Waals surface area contributed by atoms with E-state index in [-0.39, 0.29) is 11.8 Å². The molecule has 1 fully saturated rings. The molecule has 1 amide bonds. The SMILES string of the molecule is CC(C)CN1CCC(C(N)=O)C1. The standard InChI is InChI=1S/C9H18N2O/c1-7(2)5-11-4-3-8(6-11)9(10)12/h7-8H,3-6H2,1-2H3,(H2,10,12). The molecule has 2 N–H and O–H groups in total. The first-order valence-electron chi connectivity index (χ1n) is 4.61. The summed E-state index contributed by atoms with van der Waals surface area (Å²) < 4.78 is 0. The van der Waals surface area contributed by atoms with Crippen molar-refractivity contribution in [1.82, 2.24) is 4.90 Å². The average Bonchev–Trinajstić information content (AvgIpc) is 2.34. The van der Waals surface area contributed by atoms with Gasteiger partial charge in [0.15, 0.2) is 0 Å². The van der Waals surface area contributed by atoms with Gasteiger partial charge in [-0.3, -0.25) is 4.79 Å². The highest BCUT2D eigenvalue weighted by molar-refractivity contribution is 5.77. The Kier molecular flexibility index (Phi) is 3.09. The van der Waals surface area contributed by atoms with E-state index in [2.05, 4.69) is 18.7 Å². The molecular formula is C9H18N2O. The largest absolute Gasteiger partial charge is 0.369 e. The number of nitrogens with zero attached hydrogens (tertiary/aromatic N) is 1. The molecular weight excluding hydrogens is 152 g/mol. The predicted molar refractivity (Wildman–Crippen MR) is 48.6 cm³/mol. The van der Waals surface area contributed by atoms with Gasteiger partial charge in [-0.05, 0) is 18.9 Å². The summed E-state index contributed by atoms with van der Waals surface area (Å²) >= 11 is 0. The van der Waals surface area contributed by atoms with E-state index in [1.807, 2.05) is 0 Å². The maximum absolute atomic E-state index is 10.8. The fourth-order valence-electron chi connectivity index (χ4n) is 1.75. The van der Waals surface area contributed by atoms with Crippen LogP contribution in [-0.4, -0.2) is 30.4 Å². The molecule has 0 spiro atoms. The topological polar surface area (TPSA) is 46.3 Å². The van der Waals surface area contributed by atoms with Crippen molar-refractivity contribution in [2.75, 3.05) is 19.6 Å². The third-order valence-electron chi connectivity index (χ3n) is 2.30. The second kappa shape index (κ2) is 3.90. The number of primary amides is 1. The average molecular weight is 170 g/mol. The highest BCUT2D eigenvalue weighted by Gasteiger charge is 2.26. The molecule has 0 saturated carbocycles. The molecule has 1 unspecified atom stereocenters. The zero-order chi connectivity index (χ0) is 9.14. The number of amides is 1. The number of hydrogen-bond donors (Lipinski definition) is 1. The monoisotopic (exact) mass is 170 g/mol. The van der Waals surface area contributed by atoms with Crippen molar-refractivity contribution in [3.63, 3.8) is 0 Å². The molecule has 1 heterocycles. The van der Waals surface area contributed by atoms with Gasteiger partial charge in [-0.25, -0.2) is 0 Å². The molecule has 1 rings (SSSR count). The lowest BCUT2D eigenvalue weighted by molar-refractivity contribution is -0.121. The summed E-state index contributed by atoms with van der Waals surface area (Å²) in [4.78, 5) is 13.1. The van der Waals surface area contributed by atoms with Gasteiger partial charge in [-0.2, -0.15) is 0 Å². The molecule has 0 aromatic rings. The Morgan fingerprint density at radius 2 is 2.33 bits per heavy atom. The maximum Gasteiger partial charge on any atom is 0.221 e. The number of carbonyl (C=O) groups excluding carboxylic acids is 1. The third-order valence-corrected chi connectivity index (χ3v) is 2.30. The van der Waals surface area contributed by atoms with E-state index >= 15 is 0 Å². The Bertz CT molecular complexity index is 168. The molecule has 3 heteroatoms. The van der Waals surface area contributed by atoms with Crippen LogP contribution in [0.1, 0.15) is 20.3 Å². The number of likely N-dealkylation sites (tertiary alicyclic amines) is 1. The van der Waals surface area contributed by atoms with E-state index < -0.39 is 0 Å². The van der Waals surface area contributed by atoms with Gasteiger partial charge in [-0.15, -0.1) is 0 Å². The van der Waals surface area contributed by atoms with Crippen molar-refractivity contribution < 1.29 is 4.79 Å². The van der Waals surface area contributed by atoms with Crippen LogP contribution in [0.3, 0.4) is 0 Å². The van der Waals surface area contributed by atoms with Gasteiger partial charge < -0.3 is 10.6 Å². The summed E-state index contributed by atoms with van der Waals surface area (Å²) in [6, 6.07) is 0. The van der Waals surface area contributed by atoms with Gasteiger partial charge >= 0.3 is 0 Å². The van der Waals surface area contributed by atoms with Crippen LogP contribution >= 0.6 is 0 Å².